The number of hydrogen-bond donors (Lipinski definition) is 2. The molecule has 0 bridgehead atoms. The van der Waals surface area contributed by atoms with Crippen molar-refractivity contribution in [2.24, 2.45) is 22.5 Å². The van der Waals surface area contributed by atoms with Gasteiger partial charge in [-0.1, -0.05) is 34.6 Å². The molecule has 0 aliphatic carbocycles. The van der Waals surface area contributed by atoms with E-state index in [-0.39, 0.29) is 12.0 Å². The summed E-state index contributed by atoms with van der Waals surface area (Å²) in [5, 5.41) is 9.46. The molecule has 0 saturated heterocycles. The summed E-state index contributed by atoms with van der Waals surface area (Å²) in [7, 11) is 0. The molecule has 0 heterocycles. The summed E-state index contributed by atoms with van der Waals surface area (Å²) >= 11 is 0. The molecule has 86 valence electrons. The van der Waals surface area contributed by atoms with Gasteiger partial charge in [-0.15, -0.1) is 0 Å². The van der Waals surface area contributed by atoms with E-state index in [4.69, 9.17) is 5.73 Å². The van der Waals surface area contributed by atoms with Crippen LogP contribution >= 0.6 is 0 Å². The molecular weight excluding hydrogens is 174 g/mol. The lowest BCUT2D eigenvalue weighted by molar-refractivity contribution is 0.0629. The van der Waals surface area contributed by atoms with Gasteiger partial charge in [0.1, 0.15) is 0 Å². The molecule has 0 aromatic heterocycles. The van der Waals surface area contributed by atoms with Gasteiger partial charge in [-0.2, -0.15) is 0 Å². The third-order valence-electron chi connectivity index (χ3n) is 3.32. The van der Waals surface area contributed by atoms with E-state index >= 15 is 0 Å². The Labute approximate surface area is 88.9 Å². The predicted octanol–water partition coefficient (Wildman–Crippen LogP) is 2.41. The number of rotatable bonds is 5. The Hall–Kier alpha value is -0.0800. The highest BCUT2D eigenvalue weighted by molar-refractivity contribution is 4.84. The van der Waals surface area contributed by atoms with Crippen LogP contribution in [-0.4, -0.2) is 18.3 Å². The van der Waals surface area contributed by atoms with E-state index < -0.39 is 0 Å². The highest BCUT2D eigenvalue weighted by atomic mass is 16.3. The molecule has 0 amide bonds. The van der Waals surface area contributed by atoms with Crippen molar-refractivity contribution >= 4 is 0 Å². The van der Waals surface area contributed by atoms with Crippen molar-refractivity contribution in [2.45, 2.75) is 47.5 Å². The van der Waals surface area contributed by atoms with Crippen LogP contribution in [0, 0.1) is 16.7 Å². The normalized spacial score (nSPS) is 17.1. The molecule has 0 saturated carbocycles. The lowest BCUT2D eigenvalue weighted by Gasteiger charge is -2.37. The fourth-order valence-electron chi connectivity index (χ4n) is 1.58. The smallest absolute Gasteiger partial charge is 0.0501 e. The molecule has 0 spiro atoms. The van der Waals surface area contributed by atoms with Gasteiger partial charge >= 0.3 is 0 Å². The molecule has 14 heavy (non-hydrogen) atoms. The Kier molecular flexibility index (Phi) is 5.10. The van der Waals surface area contributed by atoms with Crippen LogP contribution in [0.2, 0.25) is 0 Å². The zero-order chi connectivity index (χ0) is 11.4. The molecule has 0 aromatic rings. The molecule has 0 aromatic carbocycles. The van der Waals surface area contributed by atoms with Crippen molar-refractivity contribution in [1.29, 1.82) is 0 Å². The molecule has 1 atom stereocenters. The zero-order valence-electron chi connectivity index (χ0n) is 10.4. The van der Waals surface area contributed by atoms with Gasteiger partial charge in [0.05, 0.1) is 6.61 Å². The number of aliphatic hydroxyl groups is 1. The van der Waals surface area contributed by atoms with E-state index in [1.807, 2.05) is 0 Å². The summed E-state index contributed by atoms with van der Waals surface area (Å²) in [5.74, 6) is 0.444. The largest absolute Gasteiger partial charge is 0.396 e. The van der Waals surface area contributed by atoms with Crippen LogP contribution < -0.4 is 5.73 Å². The van der Waals surface area contributed by atoms with Crippen LogP contribution in [0.15, 0.2) is 0 Å². The van der Waals surface area contributed by atoms with Gasteiger partial charge < -0.3 is 10.8 Å². The van der Waals surface area contributed by atoms with Crippen molar-refractivity contribution in [3.63, 3.8) is 0 Å². The van der Waals surface area contributed by atoms with Crippen molar-refractivity contribution in [1.82, 2.24) is 0 Å². The Morgan fingerprint density at radius 2 is 1.64 bits per heavy atom. The fraction of sp³-hybridized carbons (Fsp3) is 1.00. The third kappa shape index (κ3) is 3.97. The average molecular weight is 201 g/mol. The minimum Gasteiger partial charge on any atom is -0.396 e. The maximum absolute atomic E-state index is 9.46. The van der Waals surface area contributed by atoms with Gasteiger partial charge in [-0.25, -0.2) is 0 Å². The number of nitrogens with two attached hydrogens (primary N) is 1. The van der Waals surface area contributed by atoms with Crippen LogP contribution in [0.3, 0.4) is 0 Å². The molecule has 0 aliphatic heterocycles. The minimum atomic E-state index is -0.0761. The molecule has 0 aliphatic rings. The van der Waals surface area contributed by atoms with Gasteiger partial charge in [-0.3, -0.25) is 0 Å². The first-order valence-corrected chi connectivity index (χ1v) is 5.58. The van der Waals surface area contributed by atoms with E-state index in [0.29, 0.717) is 17.9 Å². The summed E-state index contributed by atoms with van der Waals surface area (Å²) in [6.45, 7) is 11.8. The zero-order valence-corrected chi connectivity index (χ0v) is 10.4. The lowest BCUT2D eigenvalue weighted by Crippen LogP contribution is -2.39. The van der Waals surface area contributed by atoms with E-state index in [9.17, 15) is 5.11 Å². The van der Waals surface area contributed by atoms with Crippen molar-refractivity contribution in [3.8, 4) is 0 Å². The second-order valence-electron chi connectivity index (χ2n) is 5.94. The van der Waals surface area contributed by atoms with E-state index in [1.54, 1.807) is 0 Å². The van der Waals surface area contributed by atoms with Gasteiger partial charge in [0.2, 0.25) is 0 Å². The van der Waals surface area contributed by atoms with Crippen molar-refractivity contribution in [2.75, 3.05) is 13.2 Å². The average Bonchev–Trinajstić information content (AvgIpc) is 2.04. The van der Waals surface area contributed by atoms with Gasteiger partial charge in [-0.05, 0) is 24.2 Å². The van der Waals surface area contributed by atoms with Crippen molar-refractivity contribution in [3.05, 3.63) is 0 Å². The van der Waals surface area contributed by atoms with Crippen molar-refractivity contribution < 1.29 is 5.11 Å². The molecule has 2 nitrogen and oxygen atoms in total. The molecular formula is C12H27NO. The molecule has 3 N–H and O–H groups in total. The highest BCUT2D eigenvalue weighted by Gasteiger charge is 2.32. The standard InChI is InChI=1S/C12H27NO/c1-10(2)12(8-13,9-14)7-6-11(3,4)5/h10,14H,6-9,13H2,1-5H3. The van der Waals surface area contributed by atoms with Crippen LogP contribution in [0.1, 0.15) is 47.5 Å². The summed E-state index contributed by atoms with van der Waals surface area (Å²) in [6, 6.07) is 0. The summed E-state index contributed by atoms with van der Waals surface area (Å²) in [4.78, 5) is 0. The molecule has 0 fully saturated rings. The monoisotopic (exact) mass is 201 g/mol. The SMILES string of the molecule is CC(C)C(CN)(CO)CCC(C)(C)C. The first kappa shape index (κ1) is 13.9. The Bertz CT molecular complexity index is 154. The topological polar surface area (TPSA) is 46.2 Å². The fourth-order valence-corrected chi connectivity index (χ4v) is 1.58. The lowest BCUT2D eigenvalue weighted by atomic mass is 9.71. The maximum atomic E-state index is 9.46. The third-order valence-corrected chi connectivity index (χ3v) is 3.32. The Balaban J connectivity index is 4.37. The van der Waals surface area contributed by atoms with Crippen LogP contribution in [0.5, 0.6) is 0 Å². The Morgan fingerprint density at radius 3 is 1.86 bits per heavy atom. The van der Waals surface area contributed by atoms with E-state index in [1.165, 1.54) is 0 Å². The highest BCUT2D eigenvalue weighted by Crippen LogP contribution is 2.35. The molecule has 1 unspecified atom stereocenters. The summed E-state index contributed by atoms with van der Waals surface area (Å²) in [6.07, 6.45) is 2.13. The van der Waals surface area contributed by atoms with E-state index in [2.05, 4.69) is 34.6 Å². The van der Waals surface area contributed by atoms with Crippen LogP contribution in [-0.2, 0) is 0 Å². The van der Waals surface area contributed by atoms with Crippen LogP contribution in [0.4, 0.5) is 0 Å². The molecule has 2 heteroatoms. The van der Waals surface area contributed by atoms with Crippen LogP contribution in [0.25, 0.3) is 0 Å². The van der Waals surface area contributed by atoms with E-state index in [0.717, 1.165) is 12.8 Å². The molecule has 0 radical (unpaired) electrons. The first-order valence-electron chi connectivity index (χ1n) is 5.58. The predicted molar refractivity (Wildman–Crippen MR) is 62.1 cm³/mol. The Morgan fingerprint density at radius 1 is 1.14 bits per heavy atom. The maximum Gasteiger partial charge on any atom is 0.0501 e. The number of aliphatic hydroxyl groups excluding tert-OH is 1. The van der Waals surface area contributed by atoms with Gasteiger partial charge in [0, 0.05) is 12.0 Å². The first-order chi connectivity index (χ1) is 6.27. The minimum absolute atomic E-state index is 0.0761. The second-order valence-corrected chi connectivity index (χ2v) is 5.94. The molecule has 0 rings (SSSR count). The van der Waals surface area contributed by atoms with Gasteiger partial charge in [0.25, 0.3) is 0 Å². The summed E-state index contributed by atoms with van der Waals surface area (Å²) in [5.41, 5.74) is 6.04. The number of hydrogen-bond acceptors (Lipinski definition) is 2. The summed E-state index contributed by atoms with van der Waals surface area (Å²) < 4.78 is 0. The van der Waals surface area contributed by atoms with Gasteiger partial charge in [0.15, 0.2) is 0 Å². The quantitative estimate of drug-likeness (QED) is 0.717. The second kappa shape index (κ2) is 5.13.